The van der Waals surface area contributed by atoms with Gasteiger partial charge in [0.05, 0.1) is 5.69 Å². The molecule has 1 heterocycles. The molecule has 0 amide bonds. The lowest BCUT2D eigenvalue weighted by Gasteiger charge is -2.26. The van der Waals surface area contributed by atoms with Gasteiger partial charge in [-0.3, -0.25) is 0 Å². The second-order valence-electron chi connectivity index (χ2n) is 4.28. The fraction of sp³-hybridized carbons (Fsp3) is 0.417. The Morgan fingerprint density at radius 2 is 2.39 bits per heavy atom. The summed E-state index contributed by atoms with van der Waals surface area (Å²) in [6.07, 6.45) is 1.07. The van der Waals surface area contributed by atoms with Crippen molar-refractivity contribution in [2.75, 3.05) is 23.5 Å². The Bertz CT molecular complexity index is 461. The molecule has 1 saturated heterocycles. The van der Waals surface area contributed by atoms with E-state index in [4.69, 9.17) is 10.9 Å². The number of amidine groups is 1. The van der Waals surface area contributed by atoms with E-state index >= 15 is 0 Å². The lowest BCUT2D eigenvalue weighted by molar-refractivity contribution is 0.318. The minimum Gasteiger partial charge on any atom is -0.409 e. The molecule has 1 aliphatic rings. The van der Waals surface area contributed by atoms with E-state index in [0.29, 0.717) is 17.3 Å². The Kier molecular flexibility index (Phi) is 3.96. The number of rotatable bonds is 3. The van der Waals surface area contributed by atoms with Crippen molar-refractivity contribution in [3.05, 3.63) is 29.6 Å². The molecule has 1 aromatic rings. The van der Waals surface area contributed by atoms with E-state index in [0.717, 1.165) is 17.9 Å². The monoisotopic (exact) mass is 269 g/mol. The van der Waals surface area contributed by atoms with Crippen molar-refractivity contribution >= 4 is 23.3 Å². The van der Waals surface area contributed by atoms with E-state index in [1.54, 1.807) is 12.1 Å². The van der Waals surface area contributed by atoms with Gasteiger partial charge in [0.1, 0.15) is 5.82 Å². The van der Waals surface area contributed by atoms with Crippen molar-refractivity contribution in [3.8, 4) is 0 Å². The van der Waals surface area contributed by atoms with Crippen LogP contribution < -0.4 is 10.6 Å². The Hall–Kier alpha value is -1.43. The van der Waals surface area contributed by atoms with Gasteiger partial charge >= 0.3 is 0 Å². The number of benzene rings is 1. The Balaban J connectivity index is 2.23. The molecule has 1 fully saturated rings. The van der Waals surface area contributed by atoms with E-state index in [2.05, 4.69) is 5.16 Å². The summed E-state index contributed by atoms with van der Waals surface area (Å²) in [7, 11) is 1.90. The number of hydrogen-bond donors (Lipinski definition) is 2. The van der Waals surface area contributed by atoms with Gasteiger partial charge in [0.25, 0.3) is 0 Å². The molecule has 0 aliphatic carbocycles. The van der Waals surface area contributed by atoms with Gasteiger partial charge in [0.15, 0.2) is 5.84 Å². The summed E-state index contributed by atoms with van der Waals surface area (Å²) in [4.78, 5) is 1.96. The van der Waals surface area contributed by atoms with Crippen LogP contribution in [0, 0.1) is 5.82 Å². The zero-order chi connectivity index (χ0) is 13.1. The normalized spacial score (nSPS) is 20.1. The van der Waals surface area contributed by atoms with E-state index < -0.39 is 0 Å². The lowest BCUT2D eigenvalue weighted by atomic mass is 10.1. The third-order valence-electron chi connectivity index (χ3n) is 3.18. The van der Waals surface area contributed by atoms with Gasteiger partial charge in [-0.1, -0.05) is 5.16 Å². The number of anilines is 1. The van der Waals surface area contributed by atoms with Crippen molar-refractivity contribution in [1.82, 2.24) is 0 Å². The standard InChI is InChI=1S/C12H16FN3OS/c1-16(9-4-5-18-7-9)11-3-2-8(6-10(11)13)12(14)15-17/h2-3,6,9,17H,4-5,7H2,1H3,(H2,14,15). The van der Waals surface area contributed by atoms with Gasteiger partial charge in [-0.25, -0.2) is 4.39 Å². The first-order valence-electron chi connectivity index (χ1n) is 5.71. The number of hydrogen-bond acceptors (Lipinski definition) is 4. The number of oxime groups is 1. The van der Waals surface area contributed by atoms with Crippen molar-refractivity contribution in [1.29, 1.82) is 0 Å². The summed E-state index contributed by atoms with van der Waals surface area (Å²) in [6.45, 7) is 0. The average Bonchev–Trinajstić information content (AvgIpc) is 2.90. The molecule has 0 aromatic heterocycles. The first-order valence-corrected chi connectivity index (χ1v) is 6.87. The van der Waals surface area contributed by atoms with Crippen LogP contribution >= 0.6 is 11.8 Å². The molecule has 6 heteroatoms. The van der Waals surface area contributed by atoms with Crippen LogP contribution in [0.2, 0.25) is 0 Å². The Morgan fingerprint density at radius 3 is 2.94 bits per heavy atom. The van der Waals surface area contributed by atoms with Crippen LogP contribution in [0.25, 0.3) is 0 Å². The zero-order valence-corrected chi connectivity index (χ0v) is 11.0. The summed E-state index contributed by atoms with van der Waals surface area (Å²) in [5, 5.41) is 11.4. The second-order valence-corrected chi connectivity index (χ2v) is 5.43. The predicted molar refractivity (Wildman–Crippen MR) is 73.0 cm³/mol. The maximum absolute atomic E-state index is 14.0. The summed E-state index contributed by atoms with van der Waals surface area (Å²) in [5.74, 6) is 1.72. The molecule has 98 valence electrons. The Morgan fingerprint density at radius 1 is 1.61 bits per heavy atom. The third-order valence-corrected chi connectivity index (χ3v) is 4.33. The van der Waals surface area contributed by atoms with E-state index in [9.17, 15) is 4.39 Å². The zero-order valence-electron chi connectivity index (χ0n) is 10.1. The van der Waals surface area contributed by atoms with Gasteiger partial charge in [-0.05, 0) is 30.4 Å². The molecule has 1 atom stereocenters. The van der Waals surface area contributed by atoms with Crippen LogP contribution in [0.1, 0.15) is 12.0 Å². The number of nitrogens with zero attached hydrogens (tertiary/aromatic N) is 2. The molecule has 4 nitrogen and oxygen atoms in total. The molecule has 1 aromatic carbocycles. The fourth-order valence-electron chi connectivity index (χ4n) is 2.03. The summed E-state index contributed by atoms with van der Waals surface area (Å²) >= 11 is 1.89. The molecule has 3 N–H and O–H groups in total. The molecule has 2 rings (SSSR count). The summed E-state index contributed by atoms with van der Waals surface area (Å²) in [5.41, 5.74) is 6.36. The highest BCUT2D eigenvalue weighted by atomic mass is 32.2. The van der Waals surface area contributed by atoms with Crippen molar-refractivity contribution in [2.45, 2.75) is 12.5 Å². The van der Waals surface area contributed by atoms with Gasteiger partial charge < -0.3 is 15.8 Å². The van der Waals surface area contributed by atoms with E-state index in [1.807, 2.05) is 23.7 Å². The van der Waals surface area contributed by atoms with Crippen LogP contribution in [0.15, 0.2) is 23.4 Å². The van der Waals surface area contributed by atoms with Crippen LogP contribution in [0.3, 0.4) is 0 Å². The SMILES string of the molecule is CN(c1ccc(/C(N)=N/O)cc1F)C1CCSC1. The van der Waals surface area contributed by atoms with Gasteiger partial charge in [-0.2, -0.15) is 11.8 Å². The lowest BCUT2D eigenvalue weighted by Crippen LogP contribution is -2.32. The van der Waals surface area contributed by atoms with Gasteiger partial charge in [0, 0.05) is 24.4 Å². The maximum atomic E-state index is 14.0. The summed E-state index contributed by atoms with van der Waals surface area (Å²) in [6, 6.07) is 5.00. The molecular formula is C12H16FN3OS. The van der Waals surface area contributed by atoms with Gasteiger partial charge in [0.2, 0.25) is 0 Å². The highest BCUT2D eigenvalue weighted by Crippen LogP contribution is 2.28. The van der Waals surface area contributed by atoms with Crippen molar-refractivity contribution < 1.29 is 9.60 Å². The highest BCUT2D eigenvalue weighted by Gasteiger charge is 2.22. The topological polar surface area (TPSA) is 61.8 Å². The van der Waals surface area contributed by atoms with Crippen LogP contribution in [0.5, 0.6) is 0 Å². The first-order chi connectivity index (χ1) is 8.63. The van der Waals surface area contributed by atoms with Crippen LogP contribution in [0.4, 0.5) is 10.1 Å². The average molecular weight is 269 g/mol. The van der Waals surface area contributed by atoms with Crippen LogP contribution in [-0.2, 0) is 0 Å². The Labute approximate surface area is 110 Å². The molecule has 1 unspecified atom stereocenters. The smallest absolute Gasteiger partial charge is 0.170 e. The summed E-state index contributed by atoms with van der Waals surface area (Å²) < 4.78 is 14.0. The van der Waals surface area contributed by atoms with Crippen LogP contribution in [-0.4, -0.2) is 35.6 Å². The molecular weight excluding hydrogens is 253 g/mol. The number of halogens is 1. The van der Waals surface area contributed by atoms with Crippen molar-refractivity contribution in [3.63, 3.8) is 0 Å². The predicted octanol–water partition coefficient (Wildman–Crippen LogP) is 1.86. The number of nitrogens with two attached hydrogens (primary N) is 1. The quantitative estimate of drug-likeness (QED) is 0.380. The van der Waals surface area contributed by atoms with E-state index in [-0.39, 0.29) is 11.7 Å². The minimum atomic E-state index is -0.349. The molecule has 18 heavy (non-hydrogen) atoms. The molecule has 0 saturated carbocycles. The molecule has 0 bridgehead atoms. The largest absolute Gasteiger partial charge is 0.409 e. The van der Waals surface area contributed by atoms with Crippen molar-refractivity contribution in [2.24, 2.45) is 10.9 Å². The number of thioether (sulfide) groups is 1. The molecule has 0 radical (unpaired) electrons. The fourth-order valence-corrected chi connectivity index (χ4v) is 3.30. The maximum Gasteiger partial charge on any atom is 0.170 e. The molecule has 0 spiro atoms. The van der Waals surface area contributed by atoms with E-state index in [1.165, 1.54) is 6.07 Å². The second kappa shape index (κ2) is 5.48. The third kappa shape index (κ3) is 2.53. The van der Waals surface area contributed by atoms with Gasteiger partial charge in [-0.15, -0.1) is 0 Å². The highest BCUT2D eigenvalue weighted by molar-refractivity contribution is 7.99. The molecule has 1 aliphatic heterocycles. The minimum absolute atomic E-state index is 0.0838. The first kappa shape index (κ1) is 13.0.